The summed E-state index contributed by atoms with van der Waals surface area (Å²) in [5, 5.41) is 0. The molecule has 0 radical (unpaired) electrons. The van der Waals surface area contributed by atoms with Gasteiger partial charge in [-0.05, 0) is 43.4 Å². The number of hydrogen-bond acceptors (Lipinski definition) is 3. The van der Waals surface area contributed by atoms with Crippen LogP contribution in [0.25, 0.3) is 0 Å². The Balaban J connectivity index is 2.08. The molecule has 1 saturated heterocycles. The molecule has 1 aromatic carbocycles. The van der Waals surface area contributed by atoms with Crippen molar-refractivity contribution in [3.05, 3.63) is 29.8 Å². The highest BCUT2D eigenvalue weighted by atomic mass is 32.2. The first-order valence-electron chi connectivity index (χ1n) is 7.81. The van der Waals surface area contributed by atoms with Gasteiger partial charge < -0.3 is 5.73 Å². The molecule has 1 aliphatic heterocycles. The van der Waals surface area contributed by atoms with Gasteiger partial charge in [-0.1, -0.05) is 31.9 Å². The number of nitrogens with zero attached hydrogens (tertiary/aromatic N) is 1. The Hall–Kier alpha value is -0.910. The fourth-order valence-corrected chi connectivity index (χ4v) is 4.41. The second-order valence-corrected chi connectivity index (χ2v) is 7.93. The summed E-state index contributed by atoms with van der Waals surface area (Å²) in [6, 6.07) is 6.88. The van der Waals surface area contributed by atoms with E-state index in [9.17, 15) is 8.42 Å². The minimum atomic E-state index is -3.35. The van der Waals surface area contributed by atoms with Crippen molar-refractivity contribution >= 4 is 10.0 Å². The Morgan fingerprint density at radius 1 is 1.24 bits per heavy atom. The number of rotatable bonds is 5. The van der Waals surface area contributed by atoms with Crippen LogP contribution in [0.15, 0.2) is 29.2 Å². The average Bonchev–Trinajstić information content (AvgIpc) is 2.48. The molecule has 21 heavy (non-hydrogen) atoms. The van der Waals surface area contributed by atoms with Crippen molar-refractivity contribution in [2.45, 2.75) is 50.5 Å². The van der Waals surface area contributed by atoms with E-state index in [0.717, 1.165) is 18.4 Å². The molecule has 4 nitrogen and oxygen atoms in total. The molecule has 0 spiro atoms. The molecule has 1 heterocycles. The summed E-state index contributed by atoms with van der Waals surface area (Å²) in [5.41, 5.74) is 6.75. The van der Waals surface area contributed by atoms with E-state index in [-0.39, 0.29) is 6.04 Å². The lowest BCUT2D eigenvalue weighted by Gasteiger charge is -2.31. The van der Waals surface area contributed by atoms with Crippen molar-refractivity contribution in [1.82, 2.24) is 4.31 Å². The molecule has 0 amide bonds. The van der Waals surface area contributed by atoms with Crippen LogP contribution in [0.4, 0.5) is 0 Å². The smallest absolute Gasteiger partial charge is 0.243 e. The van der Waals surface area contributed by atoms with Gasteiger partial charge in [-0.2, -0.15) is 4.31 Å². The van der Waals surface area contributed by atoms with Crippen molar-refractivity contribution in [2.24, 2.45) is 11.7 Å². The lowest BCUT2D eigenvalue weighted by molar-refractivity contribution is 0.262. The summed E-state index contributed by atoms with van der Waals surface area (Å²) in [5.74, 6) is 0.682. The van der Waals surface area contributed by atoms with Crippen LogP contribution in [-0.2, 0) is 10.0 Å². The first kappa shape index (κ1) is 16.5. The molecule has 1 atom stereocenters. The van der Waals surface area contributed by atoms with Gasteiger partial charge in [0.25, 0.3) is 0 Å². The quantitative estimate of drug-likeness (QED) is 0.909. The van der Waals surface area contributed by atoms with Gasteiger partial charge in [-0.15, -0.1) is 0 Å². The van der Waals surface area contributed by atoms with E-state index in [1.165, 1.54) is 12.8 Å². The Morgan fingerprint density at radius 2 is 1.81 bits per heavy atom. The molecular weight excluding hydrogens is 284 g/mol. The summed E-state index contributed by atoms with van der Waals surface area (Å²) in [6.45, 7) is 5.36. The average molecular weight is 310 g/mol. The Bertz CT molecular complexity index is 544. The van der Waals surface area contributed by atoms with Gasteiger partial charge >= 0.3 is 0 Å². The number of benzene rings is 1. The van der Waals surface area contributed by atoms with Gasteiger partial charge in [0.1, 0.15) is 0 Å². The number of nitrogens with two attached hydrogens (primary N) is 1. The standard InChI is InChI=1S/C16H26N2O2S/c1-3-4-14-9-11-18(12-10-14)21(19,20)16-7-5-15(6-8-16)13(2)17/h5-8,13-14H,3-4,9-12,17H2,1-2H3. The van der Waals surface area contributed by atoms with Crippen LogP contribution < -0.4 is 5.73 Å². The predicted molar refractivity (Wildman–Crippen MR) is 85.4 cm³/mol. The summed E-state index contributed by atoms with van der Waals surface area (Å²) in [6.07, 6.45) is 4.34. The van der Waals surface area contributed by atoms with Gasteiger partial charge in [0.2, 0.25) is 10.0 Å². The third-order valence-corrected chi connectivity index (χ3v) is 6.23. The predicted octanol–water partition coefficient (Wildman–Crippen LogP) is 2.91. The molecule has 0 bridgehead atoms. The summed E-state index contributed by atoms with van der Waals surface area (Å²) < 4.78 is 26.9. The second kappa shape index (κ2) is 6.90. The third-order valence-electron chi connectivity index (χ3n) is 4.31. The fourth-order valence-electron chi connectivity index (χ4n) is 2.94. The molecule has 2 rings (SSSR count). The first-order valence-corrected chi connectivity index (χ1v) is 9.25. The van der Waals surface area contributed by atoms with Crippen molar-refractivity contribution in [2.75, 3.05) is 13.1 Å². The fraction of sp³-hybridized carbons (Fsp3) is 0.625. The highest BCUT2D eigenvalue weighted by Gasteiger charge is 2.28. The molecule has 5 heteroatoms. The van der Waals surface area contributed by atoms with E-state index in [0.29, 0.717) is 23.9 Å². The molecule has 0 saturated carbocycles. The van der Waals surface area contributed by atoms with Gasteiger partial charge in [-0.3, -0.25) is 0 Å². The molecular formula is C16H26N2O2S. The van der Waals surface area contributed by atoms with E-state index in [1.54, 1.807) is 28.6 Å². The summed E-state index contributed by atoms with van der Waals surface area (Å²) in [4.78, 5) is 0.376. The van der Waals surface area contributed by atoms with Crippen LogP contribution in [0.3, 0.4) is 0 Å². The maximum atomic E-state index is 12.6. The molecule has 1 aliphatic rings. The van der Waals surface area contributed by atoms with E-state index in [4.69, 9.17) is 5.73 Å². The highest BCUT2D eigenvalue weighted by Crippen LogP contribution is 2.26. The van der Waals surface area contributed by atoms with E-state index >= 15 is 0 Å². The van der Waals surface area contributed by atoms with Gasteiger partial charge in [-0.25, -0.2) is 8.42 Å². The molecule has 118 valence electrons. The zero-order valence-corrected chi connectivity index (χ0v) is 13.8. The van der Waals surface area contributed by atoms with Crippen molar-refractivity contribution < 1.29 is 8.42 Å². The summed E-state index contributed by atoms with van der Waals surface area (Å²) >= 11 is 0. The van der Waals surface area contributed by atoms with E-state index < -0.39 is 10.0 Å². The first-order chi connectivity index (χ1) is 9.95. The van der Waals surface area contributed by atoms with Gasteiger partial charge in [0, 0.05) is 19.1 Å². The normalized spacial score (nSPS) is 19.6. The van der Waals surface area contributed by atoms with Crippen LogP contribution in [0.1, 0.15) is 51.1 Å². The lowest BCUT2D eigenvalue weighted by atomic mass is 9.94. The van der Waals surface area contributed by atoms with E-state index in [1.807, 2.05) is 6.92 Å². The minimum absolute atomic E-state index is 0.0773. The maximum absolute atomic E-state index is 12.6. The van der Waals surface area contributed by atoms with Crippen LogP contribution in [0.2, 0.25) is 0 Å². The van der Waals surface area contributed by atoms with Crippen LogP contribution >= 0.6 is 0 Å². The Kier molecular flexibility index (Phi) is 5.41. The Labute approximate surface area is 128 Å². The molecule has 1 unspecified atom stereocenters. The molecule has 2 N–H and O–H groups in total. The summed E-state index contributed by atoms with van der Waals surface area (Å²) in [7, 11) is -3.35. The van der Waals surface area contributed by atoms with Crippen LogP contribution in [0, 0.1) is 5.92 Å². The number of sulfonamides is 1. The van der Waals surface area contributed by atoms with Crippen LogP contribution in [-0.4, -0.2) is 25.8 Å². The SMILES string of the molecule is CCCC1CCN(S(=O)(=O)c2ccc(C(C)N)cc2)CC1. The number of hydrogen-bond donors (Lipinski definition) is 1. The van der Waals surface area contributed by atoms with Gasteiger partial charge in [0.15, 0.2) is 0 Å². The second-order valence-electron chi connectivity index (χ2n) is 5.99. The van der Waals surface area contributed by atoms with Crippen molar-refractivity contribution in [1.29, 1.82) is 0 Å². The molecule has 1 fully saturated rings. The van der Waals surface area contributed by atoms with Crippen molar-refractivity contribution in [3.8, 4) is 0 Å². The maximum Gasteiger partial charge on any atom is 0.243 e. The molecule has 0 aromatic heterocycles. The van der Waals surface area contributed by atoms with Gasteiger partial charge in [0.05, 0.1) is 4.90 Å². The monoisotopic (exact) mass is 310 g/mol. The van der Waals surface area contributed by atoms with E-state index in [2.05, 4.69) is 6.92 Å². The number of piperidine rings is 1. The van der Waals surface area contributed by atoms with Crippen LogP contribution in [0.5, 0.6) is 0 Å². The Morgan fingerprint density at radius 3 is 2.29 bits per heavy atom. The zero-order chi connectivity index (χ0) is 15.5. The topological polar surface area (TPSA) is 63.4 Å². The zero-order valence-electron chi connectivity index (χ0n) is 13.0. The largest absolute Gasteiger partial charge is 0.324 e. The molecule has 0 aliphatic carbocycles. The third kappa shape index (κ3) is 3.84. The van der Waals surface area contributed by atoms with Crippen molar-refractivity contribution in [3.63, 3.8) is 0 Å². The minimum Gasteiger partial charge on any atom is -0.324 e. The lowest BCUT2D eigenvalue weighted by Crippen LogP contribution is -2.38. The highest BCUT2D eigenvalue weighted by molar-refractivity contribution is 7.89. The molecule has 1 aromatic rings.